The van der Waals surface area contributed by atoms with Crippen LogP contribution in [0.3, 0.4) is 0 Å². The van der Waals surface area contributed by atoms with Crippen molar-refractivity contribution in [1.82, 2.24) is 24.4 Å². The van der Waals surface area contributed by atoms with E-state index < -0.39 is 0 Å². The molecule has 3 heterocycles. The predicted molar refractivity (Wildman–Crippen MR) is 141 cm³/mol. The summed E-state index contributed by atoms with van der Waals surface area (Å²) in [6, 6.07) is 16.1. The van der Waals surface area contributed by atoms with Gasteiger partial charge in [0, 0.05) is 50.0 Å². The van der Waals surface area contributed by atoms with E-state index in [1.807, 2.05) is 18.5 Å². The quantitative estimate of drug-likeness (QED) is 0.418. The maximum atomic E-state index is 9.52. The Bertz CT molecular complexity index is 1270. The number of hydrogen-bond donors (Lipinski definition) is 2. The van der Waals surface area contributed by atoms with E-state index in [0.717, 1.165) is 60.7 Å². The number of fused-ring (bicyclic) bond motifs is 1. The highest BCUT2D eigenvalue weighted by Gasteiger charge is 2.17. The molecule has 1 aliphatic heterocycles. The van der Waals surface area contributed by atoms with E-state index in [1.165, 1.54) is 5.69 Å². The van der Waals surface area contributed by atoms with E-state index in [0.29, 0.717) is 12.4 Å². The van der Waals surface area contributed by atoms with Gasteiger partial charge in [-0.2, -0.15) is 0 Å². The highest BCUT2D eigenvalue weighted by molar-refractivity contribution is 5.85. The summed E-state index contributed by atoms with van der Waals surface area (Å²) in [5, 5.41) is 13.0. The van der Waals surface area contributed by atoms with Crippen molar-refractivity contribution in [2.45, 2.75) is 26.3 Å². The van der Waals surface area contributed by atoms with Gasteiger partial charge in [0.1, 0.15) is 11.3 Å². The second kappa shape index (κ2) is 9.92. The molecule has 8 nitrogen and oxygen atoms in total. The van der Waals surface area contributed by atoms with Crippen LogP contribution >= 0.6 is 0 Å². The van der Waals surface area contributed by atoms with Crippen molar-refractivity contribution in [3.05, 3.63) is 60.4 Å². The van der Waals surface area contributed by atoms with Gasteiger partial charge in [-0.15, -0.1) is 0 Å². The number of nitrogens with one attached hydrogen (secondary N) is 1. The molecule has 1 aliphatic rings. The standard InChI is InChI=1S/C27H33N7O/c1-19(2)34-18-29-24-26(28-13-12-20-4-10-23(35)11-5-20)30-25(31-27(24)34)21-6-8-22(9-7-21)33-16-14-32(3)15-17-33/h4-11,18-19,35H,12-17H2,1-3H3,(H,28,30,31). The molecule has 2 N–H and O–H groups in total. The Morgan fingerprint density at radius 3 is 2.34 bits per heavy atom. The molecule has 0 saturated carbocycles. The third-order valence-electron chi connectivity index (χ3n) is 6.61. The van der Waals surface area contributed by atoms with Crippen LogP contribution in [0.1, 0.15) is 25.5 Å². The Hall–Kier alpha value is -3.65. The summed E-state index contributed by atoms with van der Waals surface area (Å²) >= 11 is 0. The summed E-state index contributed by atoms with van der Waals surface area (Å²) in [5.74, 6) is 1.71. The summed E-state index contributed by atoms with van der Waals surface area (Å²) in [6.45, 7) is 9.21. The van der Waals surface area contributed by atoms with Gasteiger partial charge in [0.2, 0.25) is 0 Å². The summed E-state index contributed by atoms with van der Waals surface area (Å²) in [7, 11) is 2.17. The molecule has 2 aromatic carbocycles. The first kappa shape index (κ1) is 23.1. The first-order chi connectivity index (χ1) is 17.0. The Morgan fingerprint density at radius 2 is 1.66 bits per heavy atom. The summed E-state index contributed by atoms with van der Waals surface area (Å²) in [6.07, 6.45) is 2.65. The maximum absolute atomic E-state index is 9.52. The lowest BCUT2D eigenvalue weighted by Crippen LogP contribution is -2.44. The van der Waals surface area contributed by atoms with Gasteiger partial charge in [-0.1, -0.05) is 12.1 Å². The van der Waals surface area contributed by atoms with Crippen molar-refractivity contribution < 1.29 is 5.11 Å². The summed E-state index contributed by atoms with van der Waals surface area (Å²) in [4.78, 5) is 19.2. The average molecular weight is 472 g/mol. The van der Waals surface area contributed by atoms with E-state index in [2.05, 4.69) is 69.8 Å². The number of rotatable bonds is 7. The van der Waals surface area contributed by atoms with Crippen molar-refractivity contribution in [1.29, 1.82) is 0 Å². The first-order valence-electron chi connectivity index (χ1n) is 12.3. The highest BCUT2D eigenvalue weighted by atomic mass is 16.3. The molecule has 1 fully saturated rings. The molecule has 4 aromatic rings. The fourth-order valence-corrected chi connectivity index (χ4v) is 4.42. The Labute approximate surface area is 206 Å². The highest BCUT2D eigenvalue weighted by Crippen LogP contribution is 2.27. The van der Waals surface area contributed by atoms with Crippen molar-refractivity contribution in [3.8, 4) is 17.1 Å². The number of nitrogens with zero attached hydrogens (tertiary/aromatic N) is 6. The minimum atomic E-state index is 0.243. The van der Waals surface area contributed by atoms with E-state index in [4.69, 9.17) is 9.97 Å². The fraction of sp³-hybridized carbons (Fsp3) is 0.370. The predicted octanol–water partition coefficient (Wildman–Crippen LogP) is 4.19. The van der Waals surface area contributed by atoms with E-state index in [9.17, 15) is 5.11 Å². The third-order valence-corrected chi connectivity index (χ3v) is 6.61. The zero-order valence-corrected chi connectivity index (χ0v) is 20.6. The van der Waals surface area contributed by atoms with Gasteiger partial charge in [0.05, 0.1) is 6.33 Å². The minimum Gasteiger partial charge on any atom is -0.508 e. The molecule has 0 amide bonds. The van der Waals surface area contributed by atoms with Crippen LogP contribution < -0.4 is 10.2 Å². The Morgan fingerprint density at radius 1 is 0.943 bits per heavy atom. The van der Waals surface area contributed by atoms with Crippen LogP contribution in [-0.4, -0.2) is 69.3 Å². The maximum Gasteiger partial charge on any atom is 0.166 e. The summed E-state index contributed by atoms with van der Waals surface area (Å²) < 4.78 is 2.09. The Balaban J connectivity index is 1.41. The molecular weight excluding hydrogens is 438 g/mol. The van der Waals surface area contributed by atoms with Gasteiger partial charge in [-0.3, -0.25) is 0 Å². The topological polar surface area (TPSA) is 82.3 Å². The van der Waals surface area contributed by atoms with Crippen LogP contribution in [0, 0.1) is 0 Å². The molecule has 0 bridgehead atoms. The molecular formula is C27H33N7O. The second-order valence-corrected chi connectivity index (χ2v) is 9.49. The molecule has 1 saturated heterocycles. The number of hydrogen-bond acceptors (Lipinski definition) is 7. The number of aromatic nitrogens is 4. The molecule has 35 heavy (non-hydrogen) atoms. The molecule has 8 heteroatoms. The lowest BCUT2D eigenvalue weighted by atomic mass is 10.1. The number of piperazine rings is 1. The van der Waals surface area contributed by atoms with Crippen LogP contribution in [-0.2, 0) is 6.42 Å². The number of phenols is 1. The van der Waals surface area contributed by atoms with Crippen molar-refractivity contribution in [2.75, 3.05) is 50.0 Å². The number of imidazole rings is 1. The first-order valence-corrected chi connectivity index (χ1v) is 12.3. The molecule has 182 valence electrons. The Kier molecular flexibility index (Phi) is 6.55. The van der Waals surface area contributed by atoms with Crippen LogP contribution in [0.5, 0.6) is 5.75 Å². The number of aromatic hydroxyl groups is 1. The molecule has 5 rings (SSSR count). The molecule has 0 spiro atoms. The number of phenolic OH excluding ortho intramolecular Hbond substituents is 1. The lowest BCUT2D eigenvalue weighted by Gasteiger charge is -2.34. The van der Waals surface area contributed by atoms with Gasteiger partial charge in [-0.05, 0) is 69.3 Å². The zero-order chi connectivity index (χ0) is 24.4. The van der Waals surface area contributed by atoms with Crippen LogP contribution in [0.4, 0.5) is 11.5 Å². The van der Waals surface area contributed by atoms with Crippen LogP contribution in [0.25, 0.3) is 22.6 Å². The van der Waals surface area contributed by atoms with Gasteiger partial charge in [-0.25, -0.2) is 15.0 Å². The fourth-order valence-electron chi connectivity index (χ4n) is 4.42. The van der Waals surface area contributed by atoms with Gasteiger partial charge < -0.3 is 24.8 Å². The van der Waals surface area contributed by atoms with Crippen molar-refractivity contribution in [3.63, 3.8) is 0 Å². The SMILES string of the molecule is CC(C)n1cnc2c(NCCc3ccc(O)cc3)nc(-c3ccc(N4CCN(C)CC4)cc3)nc21. The largest absolute Gasteiger partial charge is 0.508 e. The molecule has 0 aliphatic carbocycles. The normalized spacial score (nSPS) is 14.7. The van der Waals surface area contributed by atoms with E-state index in [-0.39, 0.29) is 11.8 Å². The molecule has 0 radical (unpaired) electrons. The third kappa shape index (κ3) is 5.07. The number of benzene rings is 2. The zero-order valence-electron chi connectivity index (χ0n) is 20.6. The average Bonchev–Trinajstić information content (AvgIpc) is 3.30. The smallest absolute Gasteiger partial charge is 0.166 e. The molecule has 0 unspecified atom stereocenters. The minimum absolute atomic E-state index is 0.243. The second-order valence-electron chi connectivity index (χ2n) is 9.49. The summed E-state index contributed by atoms with van der Waals surface area (Å²) in [5.41, 5.74) is 4.99. The molecule has 0 atom stereocenters. The van der Waals surface area contributed by atoms with E-state index >= 15 is 0 Å². The monoisotopic (exact) mass is 471 g/mol. The van der Waals surface area contributed by atoms with Crippen LogP contribution in [0.2, 0.25) is 0 Å². The van der Waals surface area contributed by atoms with Gasteiger partial charge in [0.25, 0.3) is 0 Å². The van der Waals surface area contributed by atoms with Crippen molar-refractivity contribution in [2.24, 2.45) is 0 Å². The van der Waals surface area contributed by atoms with E-state index in [1.54, 1.807) is 12.1 Å². The molecule has 2 aromatic heterocycles. The lowest BCUT2D eigenvalue weighted by molar-refractivity contribution is 0.313. The van der Waals surface area contributed by atoms with Gasteiger partial charge >= 0.3 is 0 Å². The van der Waals surface area contributed by atoms with Crippen LogP contribution in [0.15, 0.2) is 54.9 Å². The number of anilines is 2. The van der Waals surface area contributed by atoms with Gasteiger partial charge in [0.15, 0.2) is 17.3 Å². The number of likely N-dealkylation sites (N-methyl/N-ethyl adjacent to an activating group) is 1. The van der Waals surface area contributed by atoms with Crippen molar-refractivity contribution >= 4 is 22.7 Å².